The molecule has 2 aliphatic carbocycles. The van der Waals surface area contributed by atoms with E-state index in [1.165, 1.54) is 77.9 Å². The lowest BCUT2D eigenvalue weighted by atomic mass is 9.67. The fourth-order valence-corrected chi connectivity index (χ4v) is 11.0. The third kappa shape index (κ3) is 5.56. The minimum absolute atomic E-state index is 0.524. The minimum atomic E-state index is -0.525. The molecule has 0 amide bonds. The Labute approximate surface area is 369 Å². The standard InChI is InChI=1S/C62H43N/c1-5-20-44(21-6-1)45-36-38-50(39-37-45)63(51-29-19-28-49(42-51)62(48-26-11-4-12-27-48)58-34-17-13-30-53(58)54-31-14-18-35-59(54)62)52-40-41-56-55-32-15-16-33-57(55)61(60(56)43-52,46-22-7-2-8-23-46)47-24-9-3-10-25-47/h1-43H. The largest absolute Gasteiger partial charge is 0.310 e. The lowest BCUT2D eigenvalue weighted by Crippen LogP contribution is -2.29. The first-order valence-corrected chi connectivity index (χ1v) is 21.9. The van der Waals surface area contributed by atoms with Gasteiger partial charge < -0.3 is 4.90 Å². The summed E-state index contributed by atoms with van der Waals surface area (Å²) in [5.41, 5.74) is 19.9. The Morgan fingerprint density at radius 3 is 1.10 bits per heavy atom. The van der Waals surface area contributed by atoms with Crippen LogP contribution in [0.1, 0.15) is 44.5 Å². The van der Waals surface area contributed by atoms with Crippen molar-refractivity contribution in [3.8, 4) is 33.4 Å². The molecule has 0 fully saturated rings. The van der Waals surface area contributed by atoms with E-state index in [0.29, 0.717) is 0 Å². The second kappa shape index (κ2) is 14.9. The summed E-state index contributed by atoms with van der Waals surface area (Å²) in [5, 5.41) is 0. The Morgan fingerprint density at radius 2 is 0.587 bits per heavy atom. The van der Waals surface area contributed by atoms with Crippen molar-refractivity contribution in [2.45, 2.75) is 10.8 Å². The van der Waals surface area contributed by atoms with Crippen molar-refractivity contribution in [2.75, 3.05) is 4.90 Å². The van der Waals surface area contributed by atoms with Crippen LogP contribution in [0.2, 0.25) is 0 Å². The van der Waals surface area contributed by atoms with Gasteiger partial charge in [-0.1, -0.05) is 224 Å². The number of fused-ring (bicyclic) bond motifs is 6. The highest BCUT2D eigenvalue weighted by Gasteiger charge is 2.48. The van der Waals surface area contributed by atoms with Gasteiger partial charge in [-0.15, -0.1) is 0 Å². The zero-order valence-corrected chi connectivity index (χ0v) is 34.8. The highest BCUT2D eigenvalue weighted by Crippen LogP contribution is 2.59. The van der Waals surface area contributed by atoms with E-state index >= 15 is 0 Å². The van der Waals surface area contributed by atoms with Crippen molar-refractivity contribution in [3.63, 3.8) is 0 Å². The predicted octanol–water partition coefficient (Wildman–Crippen LogP) is 15.5. The molecule has 0 atom stereocenters. The smallest absolute Gasteiger partial charge is 0.0714 e. The summed E-state index contributed by atoms with van der Waals surface area (Å²) in [6.45, 7) is 0. The monoisotopic (exact) mass is 801 g/mol. The highest BCUT2D eigenvalue weighted by atomic mass is 15.1. The molecule has 0 radical (unpaired) electrons. The fraction of sp³-hybridized carbons (Fsp3) is 0.0323. The molecule has 0 N–H and O–H groups in total. The summed E-state index contributed by atoms with van der Waals surface area (Å²) in [5.74, 6) is 0. The normalized spacial score (nSPS) is 13.7. The summed E-state index contributed by atoms with van der Waals surface area (Å²) >= 11 is 0. The van der Waals surface area contributed by atoms with Crippen LogP contribution in [0.15, 0.2) is 261 Å². The summed E-state index contributed by atoms with van der Waals surface area (Å²) in [6, 6.07) is 96.5. The van der Waals surface area contributed by atoms with E-state index in [2.05, 4.69) is 266 Å². The van der Waals surface area contributed by atoms with Gasteiger partial charge in [0, 0.05) is 17.1 Å². The minimum Gasteiger partial charge on any atom is -0.310 e. The lowest BCUT2D eigenvalue weighted by Gasteiger charge is -2.36. The van der Waals surface area contributed by atoms with Crippen LogP contribution in [0.3, 0.4) is 0 Å². The van der Waals surface area contributed by atoms with Crippen molar-refractivity contribution >= 4 is 17.1 Å². The molecule has 0 heterocycles. The van der Waals surface area contributed by atoms with E-state index in [1.807, 2.05) is 0 Å². The van der Waals surface area contributed by atoms with Crippen LogP contribution >= 0.6 is 0 Å². The maximum Gasteiger partial charge on any atom is 0.0714 e. The van der Waals surface area contributed by atoms with Crippen LogP contribution in [0.4, 0.5) is 17.1 Å². The molecular weight excluding hydrogens is 759 g/mol. The molecule has 63 heavy (non-hydrogen) atoms. The van der Waals surface area contributed by atoms with Gasteiger partial charge >= 0.3 is 0 Å². The Balaban J connectivity index is 1.12. The molecule has 1 heteroatoms. The van der Waals surface area contributed by atoms with E-state index in [-0.39, 0.29) is 0 Å². The van der Waals surface area contributed by atoms with Crippen LogP contribution in [0.5, 0.6) is 0 Å². The van der Waals surface area contributed by atoms with Gasteiger partial charge in [-0.05, 0) is 114 Å². The first kappa shape index (κ1) is 36.8. The van der Waals surface area contributed by atoms with Gasteiger partial charge in [0.15, 0.2) is 0 Å². The first-order chi connectivity index (χ1) is 31.3. The summed E-state index contributed by atoms with van der Waals surface area (Å²) in [4.78, 5) is 2.47. The Kier molecular flexibility index (Phi) is 8.69. The van der Waals surface area contributed by atoms with Crippen molar-refractivity contribution in [3.05, 3.63) is 305 Å². The van der Waals surface area contributed by atoms with E-state index < -0.39 is 10.8 Å². The third-order valence-electron chi connectivity index (χ3n) is 13.6. The quantitative estimate of drug-likeness (QED) is 0.148. The number of rotatable bonds is 8. The highest BCUT2D eigenvalue weighted by molar-refractivity contribution is 5.91. The summed E-state index contributed by atoms with van der Waals surface area (Å²) in [6.07, 6.45) is 0. The molecule has 2 aliphatic rings. The van der Waals surface area contributed by atoms with Crippen LogP contribution in [0, 0.1) is 0 Å². The Hall–Kier alpha value is -8.00. The molecule has 0 saturated heterocycles. The Bertz CT molecular complexity index is 3180. The number of hydrogen-bond acceptors (Lipinski definition) is 1. The third-order valence-corrected chi connectivity index (χ3v) is 13.6. The zero-order valence-electron chi connectivity index (χ0n) is 34.8. The molecule has 0 aromatic heterocycles. The number of benzene rings is 10. The van der Waals surface area contributed by atoms with Crippen molar-refractivity contribution in [1.29, 1.82) is 0 Å². The van der Waals surface area contributed by atoms with E-state index in [4.69, 9.17) is 0 Å². The molecule has 10 aromatic carbocycles. The molecule has 0 saturated carbocycles. The SMILES string of the molecule is c1ccc(-c2ccc(N(c3cccc(C4(c5ccccc5)c5ccccc5-c5ccccc54)c3)c3ccc4c(c3)C(c3ccccc3)(c3ccccc3)c3ccccc3-4)cc2)cc1. The average Bonchev–Trinajstić information content (AvgIpc) is 3.84. The van der Waals surface area contributed by atoms with Gasteiger partial charge in [0.25, 0.3) is 0 Å². The van der Waals surface area contributed by atoms with Crippen LogP contribution in [-0.2, 0) is 10.8 Å². The molecule has 0 unspecified atom stereocenters. The van der Waals surface area contributed by atoms with Gasteiger partial charge in [0.2, 0.25) is 0 Å². The van der Waals surface area contributed by atoms with Crippen molar-refractivity contribution in [1.82, 2.24) is 0 Å². The van der Waals surface area contributed by atoms with Crippen molar-refractivity contribution < 1.29 is 0 Å². The summed E-state index contributed by atoms with van der Waals surface area (Å²) in [7, 11) is 0. The average molecular weight is 802 g/mol. The van der Waals surface area contributed by atoms with E-state index in [1.54, 1.807) is 0 Å². The van der Waals surface area contributed by atoms with Gasteiger partial charge in [-0.25, -0.2) is 0 Å². The van der Waals surface area contributed by atoms with Gasteiger partial charge in [0.05, 0.1) is 10.8 Å². The lowest BCUT2D eigenvalue weighted by molar-refractivity contribution is 0.767. The predicted molar refractivity (Wildman–Crippen MR) is 261 cm³/mol. The number of hydrogen-bond donors (Lipinski definition) is 0. The molecule has 0 spiro atoms. The van der Waals surface area contributed by atoms with E-state index in [9.17, 15) is 0 Å². The van der Waals surface area contributed by atoms with Crippen LogP contribution in [-0.4, -0.2) is 0 Å². The second-order valence-corrected chi connectivity index (χ2v) is 16.8. The summed E-state index contributed by atoms with van der Waals surface area (Å²) < 4.78 is 0. The molecule has 0 aliphatic heterocycles. The van der Waals surface area contributed by atoms with Gasteiger partial charge in [-0.3, -0.25) is 0 Å². The first-order valence-electron chi connectivity index (χ1n) is 21.9. The molecule has 10 aromatic rings. The van der Waals surface area contributed by atoms with E-state index in [0.717, 1.165) is 17.1 Å². The number of nitrogens with zero attached hydrogens (tertiary/aromatic N) is 1. The van der Waals surface area contributed by atoms with Gasteiger partial charge in [-0.2, -0.15) is 0 Å². The topological polar surface area (TPSA) is 3.24 Å². The van der Waals surface area contributed by atoms with Crippen molar-refractivity contribution in [2.24, 2.45) is 0 Å². The molecule has 296 valence electrons. The molecule has 1 nitrogen and oxygen atoms in total. The Morgan fingerprint density at radius 1 is 0.222 bits per heavy atom. The molecule has 12 rings (SSSR count). The van der Waals surface area contributed by atoms with Gasteiger partial charge in [0.1, 0.15) is 0 Å². The van der Waals surface area contributed by atoms with Crippen LogP contribution < -0.4 is 4.90 Å². The molecule has 0 bridgehead atoms. The zero-order chi connectivity index (χ0) is 41.8. The maximum absolute atomic E-state index is 2.47. The fourth-order valence-electron chi connectivity index (χ4n) is 11.0. The number of anilines is 3. The second-order valence-electron chi connectivity index (χ2n) is 16.8. The van der Waals surface area contributed by atoms with Crippen LogP contribution in [0.25, 0.3) is 33.4 Å². The maximum atomic E-state index is 2.47. The molecular formula is C62H43N.